The Labute approximate surface area is 128 Å². The molecule has 1 aromatic heterocycles. The van der Waals surface area contributed by atoms with Gasteiger partial charge in [0.1, 0.15) is 10.7 Å². The van der Waals surface area contributed by atoms with Crippen LogP contribution in [0, 0.1) is 0 Å². The normalized spacial score (nSPS) is 9.70. The maximum absolute atomic E-state index is 11.7. The SMILES string of the molecule is COC(=O)CCCCCNC(=O)c1csc(CN)n1.Cl. The Bertz CT molecular complexity index is 426. The van der Waals surface area contributed by atoms with Crippen LogP contribution in [0.4, 0.5) is 0 Å². The topological polar surface area (TPSA) is 94.3 Å². The lowest BCUT2D eigenvalue weighted by Gasteiger charge is -2.03. The number of rotatable bonds is 8. The fourth-order valence-electron chi connectivity index (χ4n) is 1.47. The second-order valence-electron chi connectivity index (χ2n) is 3.97. The molecule has 0 fully saturated rings. The van der Waals surface area contributed by atoms with Gasteiger partial charge in [-0.05, 0) is 12.8 Å². The molecule has 0 atom stereocenters. The third-order valence-electron chi connectivity index (χ3n) is 2.53. The molecule has 1 rings (SSSR count). The number of esters is 1. The second kappa shape index (κ2) is 10.6. The third-order valence-corrected chi connectivity index (χ3v) is 3.40. The predicted octanol–water partition coefficient (Wildman–Crippen LogP) is 1.49. The zero-order chi connectivity index (χ0) is 14.1. The van der Waals surface area contributed by atoms with Crippen LogP contribution in [0.5, 0.6) is 0 Å². The molecule has 8 heteroatoms. The summed E-state index contributed by atoms with van der Waals surface area (Å²) in [4.78, 5) is 26.6. The maximum Gasteiger partial charge on any atom is 0.305 e. The van der Waals surface area contributed by atoms with Crippen LogP contribution in [0.25, 0.3) is 0 Å². The molecule has 6 nitrogen and oxygen atoms in total. The largest absolute Gasteiger partial charge is 0.469 e. The molecule has 1 aromatic rings. The van der Waals surface area contributed by atoms with E-state index in [2.05, 4.69) is 15.0 Å². The van der Waals surface area contributed by atoms with Crippen molar-refractivity contribution in [3.63, 3.8) is 0 Å². The average Bonchev–Trinajstić information content (AvgIpc) is 2.91. The Morgan fingerprint density at radius 2 is 2.15 bits per heavy atom. The van der Waals surface area contributed by atoms with Crippen LogP contribution in [0.1, 0.15) is 41.2 Å². The highest BCUT2D eigenvalue weighted by atomic mass is 35.5. The minimum Gasteiger partial charge on any atom is -0.469 e. The number of carbonyl (C=O) groups excluding carboxylic acids is 2. The molecular formula is C12H20ClN3O3S. The highest BCUT2D eigenvalue weighted by Gasteiger charge is 2.09. The van der Waals surface area contributed by atoms with E-state index >= 15 is 0 Å². The van der Waals surface area contributed by atoms with Gasteiger partial charge in [-0.3, -0.25) is 9.59 Å². The maximum atomic E-state index is 11.7. The van der Waals surface area contributed by atoms with Gasteiger partial charge in [-0.2, -0.15) is 0 Å². The van der Waals surface area contributed by atoms with Gasteiger partial charge >= 0.3 is 5.97 Å². The lowest BCUT2D eigenvalue weighted by molar-refractivity contribution is -0.140. The Morgan fingerprint density at radius 3 is 2.75 bits per heavy atom. The van der Waals surface area contributed by atoms with Crippen LogP contribution in [-0.4, -0.2) is 30.5 Å². The highest BCUT2D eigenvalue weighted by molar-refractivity contribution is 7.09. The fraction of sp³-hybridized carbons (Fsp3) is 0.583. The number of halogens is 1. The predicted molar refractivity (Wildman–Crippen MR) is 80.1 cm³/mol. The van der Waals surface area contributed by atoms with Gasteiger partial charge in [0.25, 0.3) is 5.91 Å². The summed E-state index contributed by atoms with van der Waals surface area (Å²) in [5.74, 6) is -0.371. The Hall–Kier alpha value is -1.18. The van der Waals surface area contributed by atoms with E-state index in [1.165, 1.54) is 18.4 Å². The lowest BCUT2D eigenvalue weighted by Crippen LogP contribution is -2.24. The van der Waals surface area contributed by atoms with E-state index in [9.17, 15) is 9.59 Å². The fourth-order valence-corrected chi connectivity index (χ4v) is 2.13. The number of unbranched alkanes of at least 4 members (excludes halogenated alkanes) is 2. The van der Waals surface area contributed by atoms with Crippen molar-refractivity contribution in [3.05, 3.63) is 16.1 Å². The van der Waals surface area contributed by atoms with E-state index < -0.39 is 0 Å². The van der Waals surface area contributed by atoms with Gasteiger partial charge in [0.15, 0.2) is 0 Å². The summed E-state index contributed by atoms with van der Waals surface area (Å²) in [5, 5.41) is 5.24. The van der Waals surface area contributed by atoms with Crippen molar-refractivity contribution in [2.75, 3.05) is 13.7 Å². The minimum absolute atomic E-state index is 0. The van der Waals surface area contributed by atoms with Crippen molar-refractivity contribution in [1.82, 2.24) is 10.3 Å². The van der Waals surface area contributed by atoms with Gasteiger partial charge in [0.2, 0.25) is 0 Å². The summed E-state index contributed by atoms with van der Waals surface area (Å²) >= 11 is 1.38. The molecule has 0 saturated heterocycles. The zero-order valence-corrected chi connectivity index (χ0v) is 13.0. The second-order valence-corrected chi connectivity index (χ2v) is 4.92. The van der Waals surface area contributed by atoms with E-state index in [1.54, 1.807) is 5.38 Å². The minimum atomic E-state index is -0.194. The Morgan fingerprint density at radius 1 is 1.40 bits per heavy atom. The molecule has 0 radical (unpaired) electrons. The van der Waals surface area contributed by atoms with Crippen LogP contribution in [0.3, 0.4) is 0 Å². The number of ether oxygens (including phenoxy) is 1. The number of hydrogen-bond acceptors (Lipinski definition) is 6. The number of methoxy groups -OCH3 is 1. The molecule has 0 aliphatic carbocycles. The van der Waals surface area contributed by atoms with E-state index in [1.807, 2.05) is 0 Å². The summed E-state index contributed by atoms with van der Waals surface area (Å²) in [6.45, 7) is 0.932. The molecule has 114 valence electrons. The molecule has 0 saturated carbocycles. The van der Waals surface area contributed by atoms with Crippen molar-refractivity contribution in [2.24, 2.45) is 5.73 Å². The van der Waals surface area contributed by atoms with Gasteiger partial charge in [-0.1, -0.05) is 6.42 Å². The smallest absolute Gasteiger partial charge is 0.305 e. The highest BCUT2D eigenvalue weighted by Crippen LogP contribution is 2.08. The lowest BCUT2D eigenvalue weighted by atomic mass is 10.2. The first-order chi connectivity index (χ1) is 9.17. The monoisotopic (exact) mass is 321 g/mol. The molecule has 0 bridgehead atoms. The summed E-state index contributed by atoms with van der Waals surface area (Å²) < 4.78 is 4.54. The first kappa shape index (κ1) is 18.8. The number of nitrogens with one attached hydrogen (secondary N) is 1. The van der Waals surface area contributed by atoms with Gasteiger partial charge in [-0.25, -0.2) is 4.98 Å². The number of thiazole rings is 1. The number of aromatic nitrogens is 1. The van der Waals surface area contributed by atoms with Crippen LogP contribution in [0.15, 0.2) is 5.38 Å². The molecule has 0 spiro atoms. The molecule has 3 N–H and O–H groups in total. The summed E-state index contributed by atoms with van der Waals surface area (Å²) in [6, 6.07) is 0. The van der Waals surface area contributed by atoms with E-state index in [-0.39, 0.29) is 24.3 Å². The van der Waals surface area contributed by atoms with Crippen LogP contribution in [0.2, 0.25) is 0 Å². The number of hydrogen-bond donors (Lipinski definition) is 2. The van der Waals surface area contributed by atoms with Crippen molar-refractivity contribution >= 4 is 35.6 Å². The molecular weight excluding hydrogens is 302 g/mol. The molecule has 1 heterocycles. The van der Waals surface area contributed by atoms with E-state index in [4.69, 9.17) is 5.73 Å². The standard InChI is InChI=1S/C12H19N3O3S.ClH/c1-18-11(16)5-3-2-4-6-14-12(17)9-8-19-10(7-13)15-9;/h8H,2-7,13H2,1H3,(H,14,17);1H. The van der Waals surface area contributed by atoms with Gasteiger partial charge in [0, 0.05) is 24.9 Å². The van der Waals surface area contributed by atoms with Crippen LogP contribution < -0.4 is 11.1 Å². The van der Waals surface area contributed by atoms with Crippen molar-refractivity contribution in [2.45, 2.75) is 32.2 Å². The molecule has 0 aliphatic rings. The summed E-state index contributed by atoms with van der Waals surface area (Å²) in [7, 11) is 1.38. The number of nitrogens with zero attached hydrogens (tertiary/aromatic N) is 1. The number of carbonyl (C=O) groups is 2. The molecule has 20 heavy (non-hydrogen) atoms. The van der Waals surface area contributed by atoms with Gasteiger partial charge < -0.3 is 15.8 Å². The molecule has 0 aromatic carbocycles. The van der Waals surface area contributed by atoms with Crippen LogP contribution in [-0.2, 0) is 16.1 Å². The molecule has 0 aliphatic heterocycles. The molecule has 1 amide bonds. The Balaban J connectivity index is 0.00000361. The summed E-state index contributed by atoms with van der Waals surface area (Å²) in [5.41, 5.74) is 5.85. The Kier molecular flexibility index (Phi) is 9.96. The average molecular weight is 322 g/mol. The third kappa shape index (κ3) is 6.83. The van der Waals surface area contributed by atoms with Crippen LogP contribution >= 0.6 is 23.7 Å². The zero-order valence-electron chi connectivity index (χ0n) is 11.4. The van der Waals surface area contributed by atoms with Gasteiger partial charge in [-0.15, -0.1) is 23.7 Å². The summed E-state index contributed by atoms with van der Waals surface area (Å²) in [6.07, 6.45) is 2.91. The van der Waals surface area contributed by atoms with E-state index in [0.29, 0.717) is 25.2 Å². The van der Waals surface area contributed by atoms with Crippen molar-refractivity contribution in [1.29, 1.82) is 0 Å². The first-order valence-electron chi connectivity index (χ1n) is 6.17. The first-order valence-corrected chi connectivity index (χ1v) is 7.04. The van der Waals surface area contributed by atoms with E-state index in [0.717, 1.165) is 24.3 Å². The quantitative estimate of drug-likeness (QED) is 0.559. The van der Waals surface area contributed by atoms with Gasteiger partial charge in [0.05, 0.1) is 7.11 Å². The number of nitrogens with two attached hydrogens (primary N) is 1. The van der Waals surface area contributed by atoms with Crippen molar-refractivity contribution in [3.8, 4) is 0 Å². The van der Waals surface area contributed by atoms with Crippen molar-refractivity contribution < 1.29 is 14.3 Å². The molecule has 0 unspecified atom stereocenters. The number of amides is 1.